The highest BCUT2D eigenvalue weighted by molar-refractivity contribution is 5.72. The quantitative estimate of drug-likeness (QED) is 0.453. The van der Waals surface area contributed by atoms with Crippen molar-refractivity contribution in [2.45, 2.75) is 65.6 Å². The molecule has 1 saturated carbocycles. The lowest BCUT2D eigenvalue weighted by molar-refractivity contribution is -0.150. The normalized spacial score (nSPS) is 17.8. The number of hydrogen-bond acceptors (Lipinski definition) is 7. The van der Waals surface area contributed by atoms with Gasteiger partial charge in [-0.15, -0.1) is 5.10 Å². The number of carbonyl (C=O) groups is 2. The van der Waals surface area contributed by atoms with E-state index in [1.807, 2.05) is 31.2 Å². The minimum Gasteiger partial charge on any atom is -0.490 e. The van der Waals surface area contributed by atoms with Gasteiger partial charge < -0.3 is 19.1 Å². The van der Waals surface area contributed by atoms with Crippen LogP contribution >= 0.6 is 0 Å². The van der Waals surface area contributed by atoms with E-state index in [1.165, 1.54) is 0 Å². The number of nitrogens with zero attached hydrogens (tertiary/aromatic N) is 4. The first-order valence-corrected chi connectivity index (χ1v) is 12.5. The first-order chi connectivity index (χ1) is 16.8. The summed E-state index contributed by atoms with van der Waals surface area (Å²) in [6, 6.07) is 7.64. The Morgan fingerprint density at radius 3 is 2.60 bits per heavy atom. The summed E-state index contributed by atoms with van der Waals surface area (Å²) in [6.07, 6.45) is 3.93. The fraction of sp³-hybridized carbons (Fsp3) is 0.615. The van der Waals surface area contributed by atoms with Crippen LogP contribution in [0, 0.1) is 11.8 Å². The Balaban J connectivity index is 1.60. The molecule has 0 spiro atoms. The van der Waals surface area contributed by atoms with Crippen molar-refractivity contribution in [3.8, 4) is 17.0 Å². The number of aryl methyl sites for hydroxylation is 1. The van der Waals surface area contributed by atoms with Gasteiger partial charge in [-0.1, -0.05) is 19.1 Å². The highest BCUT2D eigenvalue weighted by atomic mass is 16.6. The van der Waals surface area contributed by atoms with E-state index < -0.39 is 0 Å². The van der Waals surface area contributed by atoms with Gasteiger partial charge in [0.2, 0.25) is 0 Å². The van der Waals surface area contributed by atoms with Crippen molar-refractivity contribution in [1.29, 1.82) is 0 Å². The lowest BCUT2D eigenvalue weighted by atomic mass is 9.87. The smallest absolute Gasteiger partial charge is 0.409 e. The average Bonchev–Trinajstić information content (AvgIpc) is 3.21. The Morgan fingerprint density at radius 1 is 1.17 bits per heavy atom. The molecule has 0 unspecified atom stereocenters. The molecule has 1 aromatic carbocycles. The van der Waals surface area contributed by atoms with Crippen LogP contribution in [0.15, 0.2) is 24.3 Å². The van der Waals surface area contributed by atoms with Crippen LogP contribution in [0.4, 0.5) is 4.79 Å². The average molecular weight is 487 g/mol. The van der Waals surface area contributed by atoms with Crippen molar-refractivity contribution in [2.75, 3.05) is 20.2 Å². The largest absolute Gasteiger partial charge is 0.490 e. The van der Waals surface area contributed by atoms with Gasteiger partial charge in [0.1, 0.15) is 23.7 Å². The first-order valence-electron chi connectivity index (χ1n) is 12.5. The molecule has 0 saturated heterocycles. The maximum Gasteiger partial charge on any atom is 0.409 e. The number of carbonyl (C=O) groups excluding carboxylic acids is 2. The third-order valence-electron chi connectivity index (χ3n) is 6.31. The molecule has 3 rings (SSSR count). The minimum atomic E-state index is -0.366. The highest BCUT2D eigenvalue weighted by Crippen LogP contribution is 2.30. The van der Waals surface area contributed by atoms with Gasteiger partial charge in [-0.25, -0.2) is 9.48 Å². The summed E-state index contributed by atoms with van der Waals surface area (Å²) in [5, 5.41) is 8.39. The minimum absolute atomic E-state index is 0.0109. The maximum atomic E-state index is 12.4. The summed E-state index contributed by atoms with van der Waals surface area (Å²) in [5.41, 5.74) is 2.24. The molecule has 1 aromatic heterocycles. The Bertz CT molecular complexity index is 973. The van der Waals surface area contributed by atoms with Crippen LogP contribution in [0.5, 0.6) is 5.75 Å². The zero-order valence-corrected chi connectivity index (χ0v) is 21.5. The predicted octanol–water partition coefficient (Wildman–Crippen LogP) is 4.60. The second-order valence-corrected chi connectivity index (χ2v) is 9.55. The van der Waals surface area contributed by atoms with Crippen molar-refractivity contribution in [3.63, 3.8) is 0 Å². The molecule has 2 aromatic rings. The van der Waals surface area contributed by atoms with Gasteiger partial charge in [0, 0.05) is 26.2 Å². The van der Waals surface area contributed by atoms with Crippen LogP contribution in [0.25, 0.3) is 11.3 Å². The zero-order valence-electron chi connectivity index (χ0n) is 21.5. The van der Waals surface area contributed by atoms with E-state index in [0.29, 0.717) is 36.9 Å². The SMILES string of the molecule is CCOC(=O)[C@H]1CCC[C@H](Oc2ccc(-c3nnn(C)c3COC(=O)N(C)CCC(C)C)cc2)C1. The Labute approximate surface area is 207 Å². The van der Waals surface area contributed by atoms with E-state index in [1.54, 1.807) is 23.7 Å². The van der Waals surface area contributed by atoms with Gasteiger partial charge in [0.25, 0.3) is 0 Å². The molecule has 192 valence electrons. The van der Waals surface area contributed by atoms with E-state index in [4.69, 9.17) is 14.2 Å². The Hall–Kier alpha value is -3.10. The molecular formula is C26H38N4O5. The van der Waals surface area contributed by atoms with Gasteiger partial charge in [-0.05, 0) is 69.2 Å². The molecule has 0 N–H and O–H groups in total. The summed E-state index contributed by atoms with van der Waals surface area (Å²) in [4.78, 5) is 26.0. The zero-order chi connectivity index (χ0) is 25.4. The topological polar surface area (TPSA) is 95.8 Å². The summed E-state index contributed by atoms with van der Waals surface area (Å²) in [6.45, 7) is 7.21. The molecule has 2 atom stereocenters. The van der Waals surface area contributed by atoms with E-state index >= 15 is 0 Å². The molecular weight excluding hydrogens is 448 g/mol. The maximum absolute atomic E-state index is 12.4. The molecule has 1 aliphatic carbocycles. The fourth-order valence-corrected chi connectivity index (χ4v) is 4.16. The van der Waals surface area contributed by atoms with Gasteiger partial charge >= 0.3 is 12.1 Å². The molecule has 0 bridgehead atoms. The van der Waals surface area contributed by atoms with Crippen LogP contribution < -0.4 is 4.74 Å². The number of esters is 1. The fourth-order valence-electron chi connectivity index (χ4n) is 4.16. The third kappa shape index (κ3) is 7.44. The van der Waals surface area contributed by atoms with E-state index in [9.17, 15) is 9.59 Å². The lowest BCUT2D eigenvalue weighted by Gasteiger charge is -2.28. The van der Waals surface area contributed by atoms with E-state index in [0.717, 1.165) is 37.0 Å². The van der Waals surface area contributed by atoms with Crippen LogP contribution in [0.3, 0.4) is 0 Å². The van der Waals surface area contributed by atoms with Crippen LogP contribution in [0.2, 0.25) is 0 Å². The Kier molecular flexibility index (Phi) is 9.51. The molecule has 1 heterocycles. The van der Waals surface area contributed by atoms with Crippen LogP contribution in [-0.4, -0.2) is 58.3 Å². The third-order valence-corrected chi connectivity index (χ3v) is 6.31. The molecule has 9 nitrogen and oxygen atoms in total. The van der Waals surface area contributed by atoms with Crippen molar-refractivity contribution in [2.24, 2.45) is 18.9 Å². The number of amides is 1. The Morgan fingerprint density at radius 2 is 1.91 bits per heavy atom. The van der Waals surface area contributed by atoms with E-state index in [2.05, 4.69) is 24.2 Å². The second kappa shape index (κ2) is 12.6. The van der Waals surface area contributed by atoms with Gasteiger partial charge in [0.05, 0.1) is 18.6 Å². The second-order valence-electron chi connectivity index (χ2n) is 9.55. The summed E-state index contributed by atoms with van der Waals surface area (Å²) in [7, 11) is 3.52. The molecule has 35 heavy (non-hydrogen) atoms. The van der Waals surface area contributed by atoms with Crippen molar-refractivity contribution in [3.05, 3.63) is 30.0 Å². The summed E-state index contributed by atoms with van der Waals surface area (Å²) in [5.74, 6) is 1.04. The van der Waals surface area contributed by atoms with Crippen molar-refractivity contribution in [1.82, 2.24) is 19.9 Å². The first kappa shape index (κ1) is 26.5. The van der Waals surface area contributed by atoms with Crippen molar-refractivity contribution >= 4 is 12.1 Å². The van der Waals surface area contributed by atoms with Gasteiger partial charge in [-0.2, -0.15) is 0 Å². The molecule has 1 amide bonds. The summed E-state index contributed by atoms with van der Waals surface area (Å²) >= 11 is 0. The van der Waals surface area contributed by atoms with Crippen molar-refractivity contribution < 1.29 is 23.8 Å². The highest BCUT2D eigenvalue weighted by Gasteiger charge is 2.29. The lowest BCUT2D eigenvalue weighted by Crippen LogP contribution is -2.30. The number of hydrogen-bond donors (Lipinski definition) is 0. The standard InChI is InChI=1S/C26H38N4O5/c1-6-33-25(31)20-8-7-9-22(16-20)35-21-12-10-19(11-13-21)24-23(30(5)28-27-24)17-34-26(32)29(4)15-14-18(2)3/h10-13,18,20,22H,6-9,14-17H2,1-5H3/t20-,22-/m0/s1. The molecule has 9 heteroatoms. The monoisotopic (exact) mass is 486 g/mol. The molecule has 0 aliphatic heterocycles. The number of benzene rings is 1. The predicted molar refractivity (Wildman–Crippen MR) is 132 cm³/mol. The van der Waals surface area contributed by atoms with Crippen LogP contribution in [-0.2, 0) is 27.9 Å². The molecule has 1 fully saturated rings. The van der Waals surface area contributed by atoms with Crippen LogP contribution in [0.1, 0.15) is 58.6 Å². The van der Waals surface area contributed by atoms with E-state index in [-0.39, 0.29) is 30.7 Å². The number of aromatic nitrogens is 3. The number of ether oxygens (including phenoxy) is 3. The number of rotatable bonds is 10. The summed E-state index contributed by atoms with van der Waals surface area (Å²) < 4.78 is 18.5. The van der Waals surface area contributed by atoms with Gasteiger partial charge in [0.15, 0.2) is 0 Å². The molecule has 0 radical (unpaired) electrons. The molecule has 1 aliphatic rings. The van der Waals surface area contributed by atoms with Gasteiger partial charge in [-0.3, -0.25) is 4.79 Å².